The van der Waals surface area contributed by atoms with Gasteiger partial charge in [-0.2, -0.15) is 0 Å². The Morgan fingerprint density at radius 2 is 0.774 bits per heavy atom. The van der Waals surface area contributed by atoms with Crippen molar-refractivity contribution in [3.63, 3.8) is 0 Å². The molecule has 17 heteroatoms. The maximum absolute atomic E-state index is 11.7. The minimum absolute atomic E-state index is 0.0389. The third-order valence-corrected chi connectivity index (χ3v) is 11.8. The summed E-state index contributed by atoms with van der Waals surface area (Å²) in [6, 6.07) is 0. The first-order valence-corrected chi connectivity index (χ1v) is 16.6. The maximum atomic E-state index is 11.7. The highest BCUT2D eigenvalue weighted by Gasteiger charge is 2.58. The Morgan fingerprint density at radius 3 is 1.03 bits per heavy atom. The molecule has 0 atom stereocenters. The molecule has 0 radical (unpaired) electrons. The second-order valence-corrected chi connectivity index (χ2v) is 15.0. The van der Waals surface area contributed by atoms with Gasteiger partial charge in [-0.3, -0.25) is 23.2 Å². The van der Waals surface area contributed by atoms with E-state index < -0.39 is 48.0 Å². The first-order valence-electron chi connectivity index (χ1n) is 9.90. The van der Waals surface area contributed by atoms with E-state index in [1.54, 1.807) is 0 Å². The molecule has 8 N–H and O–H groups in total. The molecule has 0 saturated heterocycles. The van der Waals surface area contributed by atoms with E-state index in [0.717, 1.165) is 44.9 Å². The molecule has 0 amide bonds. The fourth-order valence-electron chi connectivity index (χ4n) is 3.30. The Hall–Kier alpha value is 0.560. The predicted octanol–water partition coefficient (Wildman–Crippen LogP) is 2.49. The number of unbranched alkanes of at least 4 members (excludes halogenated alkanes) is 9. The molecule has 0 heterocycles. The van der Waals surface area contributed by atoms with Crippen LogP contribution < -0.4 is 0 Å². The lowest BCUT2D eigenvalue weighted by atomic mass is 10.1. The fourth-order valence-corrected chi connectivity index (χ4v) is 9.39. The highest BCUT2D eigenvalue weighted by atomic mass is 31.2. The van der Waals surface area contributed by atoms with Gasteiger partial charge in [0.15, 0.2) is 0 Å². The van der Waals surface area contributed by atoms with Crippen LogP contribution in [0.1, 0.15) is 71.1 Å². The van der Waals surface area contributed by atoms with Crippen molar-refractivity contribution in [3.05, 3.63) is 0 Å². The Balaban J connectivity index is 5.33. The van der Waals surface area contributed by atoms with Crippen molar-refractivity contribution in [2.75, 3.05) is 6.54 Å². The first-order chi connectivity index (χ1) is 13.9. The van der Waals surface area contributed by atoms with Crippen molar-refractivity contribution < 1.29 is 57.4 Å². The molecule has 31 heavy (non-hydrogen) atoms. The summed E-state index contributed by atoms with van der Waals surface area (Å²) in [6.07, 6.45) is 8.28. The largest absolute Gasteiger partial charge is 0.355 e. The topological polar surface area (TPSA) is 233 Å². The van der Waals surface area contributed by atoms with Crippen LogP contribution in [-0.2, 0) is 18.3 Å². The summed E-state index contributed by atoms with van der Waals surface area (Å²) in [7, 11) is -23.0. The smallest absolute Gasteiger partial charge is 0.323 e. The lowest BCUT2D eigenvalue weighted by Crippen LogP contribution is -2.43. The van der Waals surface area contributed by atoms with E-state index in [9.17, 15) is 57.4 Å². The van der Waals surface area contributed by atoms with Gasteiger partial charge >= 0.3 is 30.4 Å². The van der Waals surface area contributed by atoms with E-state index in [1.807, 2.05) is 0 Å². The van der Waals surface area contributed by atoms with Crippen molar-refractivity contribution in [1.82, 2.24) is 4.90 Å². The van der Waals surface area contributed by atoms with Crippen LogP contribution in [0.5, 0.6) is 0 Å². The molecule has 0 unspecified atom stereocenters. The second-order valence-electron chi connectivity index (χ2n) is 7.47. The van der Waals surface area contributed by atoms with Gasteiger partial charge in [-0.1, -0.05) is 64.7 Å². The van der Waals surface area contributed by atoms with Crippen molar-refractivity contribution in [2.45, 2.75) is 82.2 Å². The van der Waals surface area contributed by atoms with E-state index in [2.05, 4.69) is 6.92 Å². The van der Waals surface area contributed by atoms with E-state index in [1.165, 1.54) is 0 Å². The van der Waals surface area contributed by atoms with Gasteiger partial charge in [-0.15, -0.1) is 0 Å². The van der Waals surface area contributed by atoms with E-state index in [4.69, 9.17) is 0 Å². The lowest BCUT2D eigenvalue weighted by Gasteiger charge is -2.37. The second kappa shape index (κ2) is 13.4. The van der Waals surface area contributed by atoms with Crippen molar-refractivity contribution >= 4 is 30.4 Å². The Kier molecular flexibility index (Phi) is 13.7. The van der Waals surface area contributed by atoms with Gasteiger partial charge < -0.3 is 39.1 Å². The van der Waals surface area contributed by atoms with Crippen molar-refractivity contribution in [3.8, 4) is 0 Å². The van der Waals surface area contributed by atoms with Crippen LogP contribution in [0.4, 0.5) is 0 Å². The predicted molar refractivity (Wildman–Crippen MR) is 114 cm³/mol. The molecular weight excluding hydrogens is 498 g/mol. The minimum atomic E-state index is -5.75. The highest BCUT2D eigenvalue weighted by Crippen LogP contribution is 2.68. The van der Waals surface area contributed by atoms with E-state index in [0.29, 0.717) is 12.8 Å². The quantitative estimate of drug-likeness (QED) is 0.0992. The summed E-state index contributed by atoms with van der Waals surface area (Å²) in [5, 5.41) is 0. The first kappa shape index (κ1) is 31.6. The molecular formula is C14H35NO12P4. The Bertz CT molecular complexity index is 618. The number of rotatable bonds is 17. The van der Waals surface area contributed by atoms with Crippen molar-refractivity contribution in [2.24, 2.45) is 0 Å². The number of hydrogen-bond acceptors (Lipinski definition) is 5. The van der Waals surface area contributed by atoms with Gasteiger partial charge in [0.2, 0.25) is 11.0 Å². The zero-order chi connectivity index (χ0) is 24.5. The van der Waals surface area contributed by atoms with E-state index in [-0.39, 0.29) is 11.3 Å². The molecule has 0 fully saturated rings. The van der Waals surface area contributed by atoms with Gasteiger partial charge in [0.25, 0.3) is 0 Å². The Labute approximate surface area is 181 Å². The highest BCUT2D eigenvalue weighted by molar-refractivity contribution is 7.72. The normalized spacial score (nSPS) is 14.2. The van der Waals surface area contributed by atoms with Gasteiger partial charge in [0.05, 0.1) is 0 Å². The molecule has 0 spiro atoms. The van der Waals surface area contributed by atoms with Crippen LogP contribution >= 0.6 is 30.4 Å². The average Bonchev–Trinajstić information content (AvgIpc) is 2.51. The monoisotopic (exact) mass is 533 g/mol. The summed E-state index contributed by atoms with van der Waals surface area (Å²) in [5.74, 6) is 0. The van der Waals surface area contributed by atoms with Gasteiger partial charge in [-0.25, -0.2) is 0 Å². The summed E-state index contributed by atoms with van der Waals surface area (Å²) < 4.78 is 46.9. The zero-order valence-corrected chi connectivity index (χ0v) is 21.0. The van der Waals surface area contributed by atoms with Crippen molar-refractivity contribution in [1.29, 1.82) is 0 Å². The molecule has 0 bridgehead atoms. The standard InChI is InChI=1S/C14H35NO12P4/c1-2-3-4-5-6-7-8-9-10-11-12-15(13(28(16,17)18)29(19,20)21)14(30(22,23)24)31(25,26)27/h13-14H,2-12H2,1H3,(H2,16,17,18)(H2,19,20,21)(H2,22,23,24)(H2,25,26,27). The third-order valence-electron chi connectivity index (χ3n) is 4.57. The van der Waals surface area contributed by atoms with Crippen LogP contribution in [0.15, 0.2) is 0 Å². The molecule has 188 valence electrons. The zero-order valence-electron chi connectivity index (χ0n) is 17.4. The fraction of sp³-hybridized carbons (Fsp3) is 1.00. The molecule has 13 nitrogen and oxygen atoms in total. The number of nitrogens with zero attached hydrogens (tertiary/aromatic N) is 1. The van der Waals surface area contributed by atoms with Crippen LogP contribution in [0.2, 0.25) is 0 Å². The SMILES string of the molecule is CCCCCCCCCCCCN(C(P(=O)(O)O)P(=O)(O)O)C(P(=O)(O)O)P(=O)(O)O. The van der Waals surface area contributed by atoms with Crippen LogP contribution in [0.25, 0.3) is 0 Å². The van der Waals surface area contributed by atoms with Gasteiger partial charge in [0.1, 0.15) is 0 Å². The molecule has 0 aromatic carbocycles. The Morgan fingerprint density at radius 1 is 0.516 bits per heavy atom. The molecule has 0 aliphatic heterocycles. The maximum Gasteiger partial charge on any atom is 0.355 e. The van der Waals surface area contributed by atoms with Gasteiger partial charge in [0, 0.05) is 6.54 Å². The summed E-state index contributed by atoms with van der Waals surface area (Å²) in [6.45, 7) is 1.37. The molecule has 0 saturated carbocycles. The van der Waals surface area contributed by atoms with Crippen LogP contribution in [0.3, 0.4) is 0 Å². The number of hydrogen-bond donors (Lipinski definition) is 8. The van der Waals surface area contributed by atoms with Gasteiger partial charge in [-0.05, 0) is 6.42 Å². The molecule has 0 rings (SSSR count). The molecule has 0 aliphatic rings. The third kappa shape index (κ3) is 12.6. The summed E-state index contributed by atoms with van der Waals surface area (Å²) >= 11 is 0. The van der Waals surface area contributed by atoms with Crippen LogP contribution in [0, 0.1) is 0 Å². The molecule has 0 aromatic rings. The summed E-state index contributed by atoms with van der Waals surface area (Å²) in [5.41, 5.74) is -6.19. The van der Waals surface area contributed by atoms with Crippen LogP contribution in [-0.4, -0.2) is 61.6 Å². The molecule has 0 aromatic heterocycles. The molecule has 0 aliphatic carbocycles. The minimum Gasteiger partial charge on any atom is -0.323 e. The average molecular weight is 533 g/mol. The lowest BCUT2D eigenvalue weighted by molar-refractivity contribution is 0.197. The summed E-state index contributed by atoms with van der Waals surface area (Å²) in [4.78, 5) is 75.1. The van der Waals surface area contributed by atoms with E-state index >= 15 is 0 Å².